The summed E-state index contributed by atoms with van der Waals surface area (Å²) in [7, 11) is 3.71. The van der Waals surface area contributed by atoms with Crippen molar-refractivity contribution in [2.45, 2.75) is 0 Å². The molecular weight excluding hydrogens is 286 g/mol. The highest BCUT2D eigenvalue weighted by Crippen LogP contribution is 2.44. The maximum Gasteiger partial charge on any atom is 0.110 e. The zero-order chi connectivity index (χ0) is 16.4. The Balaban J connectivity index is 1.96. The Labute approximate surface area is 136 Å². The Morgan fingerprint density at radius 3 is 2.61 bits per heavy atom. The average molecular weight is 305 g/mol. The van der Waals surface area contributed by atoms with Crippen molar-refractivity contribution in [3.63, 3.8) is 0 Å². The van der Waals surface area contributed by atoms with Crippen LogP contribution in [0, 0.1) is 0 Å². The second-order valence-corrected chi connectivity index (χ2v) is 5.23. The SMILES string of the molecule is C=C1N(C)c2ccccc2N1c1ccc(C(N)=CC=NC)nc1. The monoisotopic (exact) mass is 305 g/mol. The van der Waals surface area contributed by atoms with Gasteiger partial charge in [0.15, 0.2) is 0 Å². The predicted molar refractivity (Wildman–Crippen MR) is 96.9 cm³/mol. The third kappa shape index (κ3) is 2.57. The van der Waals surface area contributed by atoms with Crippen LogP contribution >= 0.6 is 0 Å². The van der Waals surface area contributed by atoms with E-state index >= 15 is 0 Å². The van der Waals surface area contributed by atoms with Gasteiger partial charge in [0.1, 0.15) is 5.82 Å². The van der Waals surface area contributed by atoms with E-state index in [1.807, 2.05) is 31.3 Å². The molecule has 1 aromatic heterocycles. The van der Waals surface area contributed by atoms with E-state index in [2.05, 4.69) is 38.5 Å². The zero-order valence-corrected chi connectivity index (χ0v) is 13.3. The van der Waals surface area contributed by atoms with Gasteiger partial charge in [-0.25, -0.2) is 0 Å². The number of aliphatic imine (C=N–C) groups is 1. The summed E-state index contributed by atoms with van der Waals surface area (Å²) >= 11 is 0. The van der Waals surface area contributed by atoms with Gasteiger partial charge in [0, 0.05) is 20.3 Å². The molecule has 5 heteroatoms. The van der Waals surface area contributed by atoms with Crippen LogP contribution in [0.15, 0.2) is 66.1 Å². The molecule has 0 fully saturated rings. The Kier molecular flexibility index (Phi) is 3.85. The van der Waals surface area contributed by atoms with Crippen molar-refractivity contribution < 1.29 is 0 Å². The molecule has 0 aliphatic carbocycles. The summed E-state index contributed by atoms with van der Waals surface area (Å²) in [5.74, 6) is 0.891. The second-order valence-electron chi connectivity index (χ2n) is 5.23. The van der Waals surface area contributed by atoms with E-state index < -0.39 is 0 Å². The van der Waals surface area contributed by atoms with Crippen molar-refractivity contribution in [2.24, 2.45) is 10.7 Å². The smallest absolute Gasteiger partial charge is 0.110 e. The van der Waals surface area contributed by atoms with Crippen molar-refractivity contribution in [3.8, 4) is 0 Å². The van der Waals surface area contributed by atoms with Crippen LogP contribution in [0.3, 0.4) is 0 Å². The number of anilines is 3. The number of nitrogens with two attached hydrogens (primary N) is 1. The Bertz CT molecular complexity index is 789. The van der Waals surface area contributed by atoms with E-state index in [0.717, 1.165) is 28.6 Å². The number of hydrogen-bond acceptors (Lipinski definition) is 5. The lowest BCUT2D eigenvalue weighted by molar-refractivity contribution is 1.08. The van der Waals surface area contributed by atoms with Gasteiger partial charge in [0.05, 0.1) is 34.6 Å². The first-order chi connectivity index (χ1) is 11.1. The Hall–Kier alpha value is -3.08. The van der Waals surface area contributed by atoms with Gasteiger partial charge in [-0.3, -0.25) is 14.9 Å². The van der Waals surface area contributed by atoms with Gasteiger partial charge in [-0.15, -0.1) is 0 Å². The van der Waals surface area contributed by atoms with Crippen LogP contribution < -0.4 is 15.5 Å². The van der Waals surface area contributed by atoms with Gasteiger partial charge in [0.25, 0.3) is 0 Å². The summed E-state index contributed by atoms with van der Waals surface area (Å²) in [6, 6.07) is 12.1. The van der Waals surface area contributed by atoms with E-state index in [-0.39, 0.29) is 0 Å². The normalized spacial score (nSPS) is 14.7. The molecule has 2 aromatic rings. The molecule has 0 saturated heterocycles. The first-order valence-electron chi connectivity index (χ1n) is 7.29. The van der Waals surface area contributed by atoms with Crippen molar-refractivity contribution in [1.82, 2.24) is 4.98 Å². The van der Waals surface area contributed by atoms with Crippen LogP contribution in [-0.4, -0.2) is 25.3 Å². The number of benzene rings is 1. The highest BCUT2D eigenvalue weighted by molar-refractivity contribution is 5.88. The first-order valence-corrected chi connectivity index (χ1v) is 7.29. The number of nitrogens with zero attached hydrogens (tertiary/aromatic N) is 4. The highest BCUT2D eigenvalue weighted by Gasteiger charge is 2.28. The highest BCUT2D eigenvalue weighted by atomic mass is 15.4. The molecule has 3 rings (SSSR count). The molecule has 23 heavy (non-hydrogen) atoms. The largest absolute Gasteiger partial charge is 0.397 e. The minimum absolute atomic E-state index is 0.583. The number of fused-ring (bicyclic) bond motifs is 1. The second kappa shape index (κ2) is 5.96. The summed E-state index contributed by atoms with van der Waals surface area (Å²) < 4.78 is 0. The lowest BCUT2D eigenvalue weighted by atomic mass is 10.2. The topological polar surface area (TPSA) is 57.8 Å². The zero-order valence-electron chi connectivity index (χ0n) is 13.3. The molecule has 116 valence electrons. The molecule has 2 N–H and O–H groups in total. The first kappa shape index (κ1) is 14.8. The Morgan fingerprint density at radius 2 is 1.96 bits per heavy atom. The molecule has 0 unspecified atom stereocenters. The fourth-order valence-electron chi connectivity index (χ4n) is 2.58. The predicted octanol–water partition coefficient (Wildman–Crippen LogP) is 3.14. The number of allylic oxidation sites excluding steroid dienone is 1. The number of para-hydroxylation sites is 2. The van der Waals surface area contributed by atoms with Crippen LogP contribution in [-0.2, 0) is 0 Å². The summed E-state index contributed by atoms with van der Waals surface area (Å²) in [5.41, 5.74) is 10.5. The number of hydrogen-bond donors (Lipinski definition) is 1. The van der Waals surface area contributed by atoms with Crippen molar-refractivity contribution in [1.29, 1.82) is 0 Å². The molecule has 0 radical (unpaired) electrons. The molecule has 0 spiro atoms. The van der Waals surface area contributed by atoms with Gasteiger partial charge in [-0.1, -0.05) is 18.7 Å². The lowest BCUT2D eigenvalue weighted by Crippen LogP contribution is -2.20. The maximum absolute atomic E-state index is 5.98. The molecule has 0 amide bonds. The minimum Gasteiger partial charge on any atom is -0.397 e. The van der Waals surface area contributed by atoms with Gasteiger partial charge in [0.2, 0.25) is 0 Å². The van der Waals surface area contributed by atoms with Crippen LogP contribution in [0.25, 0.3) is 5.70 Å². The molecule has 1 aliphatic rings. The quantitative estimate of drug-likeness (QED) is 0.885. The molecule has 0 bridgehead atoms. The molecule has 0 atom stereocenters. The standard InChI is InChI=1S/C18H19N5/c1-13-22(3)17-6-4-5-7-18(17)23(13)14-8-9-16(21-12-14)15(19)10-11-20-2/h4-12H,1,19H2,2-3H3. The third-order valence-corrected chi connectivity index (χ3v) is 3.83. The molecule has 0 saturated carbocycles. The van der Waals surface area contributed by atoms with Crippen molar-refractivity contribution >= 4 is 29.0 Å². The molecule has 1 aromatic carbocycles. The van der Waals surface area contributed by atoms with Crippen LogP contribution in [0.1, 0.15) is 5.69 Å². The molecular formula is C18H19N5. The summed E-state index contributed by atoms with van der Waals surface area (Å²) in [5, 5.41) is 0. The van der Waals surface area contributed by atoms with E-state index in [1.54, 1.807) is 25.5 Å². The van der Waals surface area contributed by atoms with Gasteiger partial charge >= 0.3 is 0 Å². The maximum atomic E-state index is 5.98. The molecule has 1 aliphatic heterocycles. The van der Waals surface area contributed by atoms with E-state index in [4.69, 9.17) is 5.73 Å². The summed E-state index contributed by atoms with van der Waals surface area (Å²) in [6.45, 7) is 4.18. The lowest BCUT2D eigenvalue weighted by Gasteiger charge is -2.21. The average Bonchev–Trinajstić information content (AvgIpc) is 2.84. The van der Waals surface area contributed by atoms with E-state index in [1.165, 1.54) is 0 Å². The van der Waals surface area contributed by atoms with E-state index in [9.17, 15) is 0 Å². The summed E-state index contributed by atoms with van der Waals surface area (Å²) in [4.78, 5) is 12.5. The summed E-state index contributed by atoms with van der Waals surface area (Å²) in [6.07, 6.45) is 5.19. The van der Waals surface area contributed by atoms with Crippen molar-refractivity contribution in [2.75, 3.05) is 23.9 Å². The van der Waals surface area contributed by atoms with Gasteiger partial charge in [-0.2, -0.15) is 0 Å². The fraction of sp³-hybridized carbons (Fsp3) is 0.111. The van der Waals surface area contributed by atoms with Crippen LogP contribution in [0.2, 0.25) is 0 Å². The number of pyridine rings is 1. The fourth-order valence-corrected chi connectivity index (χ4v) is 2.58. The van der Waals surface area contributed by atoms with Gasteiger partial charge < -0.3 is 10.6 Å². The van der Waals surface area contributed by atoms with Crippen molar-refractivity contribution in [3.05, 3.63) is 66.8 Å². The minimum atomic E-state index is 0.583. The molecule has 2 heterocycles. The molecule has 5 nitrogen and oxygen atoms in total. The van der Waals surface area contributed by atoms with Gasteiger partial charge in [-0.05, 0) is 30.3 Å². The van der Waals surface area contributed by atoms with Crippen LogP contribution in [0.4, 0.5) is 17.1 Å². The Morgan fingerprint density at radius 1 is 1.22 bits per heavy atom. The number of rotatable bonds is 3. The van der Waals surface area contributed by atoms with Crippen LogP contribution in [0.5, 0.6) is 0 Å². The third-order valence-electron chi connectivity index (χ3n) is 3.83. The van der Waals surface area contributed by atoms with E-state index in [0.29, 0.717) is 5.70 Å². The number of aromatic nitrogens is 1.